The Labute approximate surface area is 97.2 Å². The minimum absolute atomic E-state index is 0.370. The number of carbonyl (C=O) groups is 1. The quantitative estimate of drug-likeness (QED) is 0.432. The van der Waals surface area contributed by atoms with Crippen molar-refractivity contribution in [3.05, 3.63) is 12.2 Å². The van der Waals surface area contributed by atoms with Crippen LogP contribution in [0.4, 0.5) is 8.78 Å². The topological polar surface area (TPSA) is 83.5 Å². The van der Waals surface area contributed by atoms with E-state index in [0.717, 1.165) is 0 Å². The number of carbonyl (C=O) groups excluding carboxylic acids is 1. The van der Waals surface area contributed by atoms with Crippen molar-refractivity contribution in [1.82, 2.24) is 0 Å². The minimum atomic E-state index is -5.80. The number of rotatable bonds is 4. The summed E-state index contributed by atoms with van der Waals surface area (Å²) in [7, 11) is -5.80. The van der Waals surface area contributed by atoms with Gasteiger partial charge in [0.05, 0.1) is 5.92 Å². The first-order valence-corrected chi connectivity index (χ1v) is 6.30. The van der Waals surface area contributed by atoms with Crippen LogP contribution in [0.1, 0.15) is 19.3 Å². The van der Waals surface area contributed by atoms with Gasteiger partial charge in [-0.15, -0.1) is 0 Å². The first-order valence-electron chi connectivity index (χ1n) is 4.89. The maximum absolute atomic E-state index is 12.7. The molecule has 1 aliphatic rings. The van der Waals surface area contributed by atoms with Gasteiger partial charge in [-0.3, -0.25) is 4.79 Å². The lowest BCUT2D eigenvalue weighted by Crippen LogP contribution is -2.36. The lowest BCUT2D eigenvalue weighted by Gasteiger charge is -2.21. The lowest BCUT2D eigenvalue weighted by molar-refractivity contribution is -0.154. The second-order valence-corrected chi connectivity index (χ2v) is 5.19. The number of hydrogen-bond donors (Lipinski definition) is 0. The van der Waals surface area contributed by atoms with Gasteiger partial charge in [-0.1, -0.05) is 12.2 Å². The van der Waals surface area contributed by atoms with Crippen LogP contribution in [0, 0.1) is 5.92 Å². The Balaban J connectivity index is 2.51. The molecule has 0 bridgehead atoms. The molecule has 0 N–H and O–H groups in total. The summed E-state index contributed by atoms with van der Waals surface area (Å²) in [6, 6.07) is 0. The van der Waals surface area contributed by atoms with E-state index in [1.807, 2.05) is 6.08 Å². The average Bonchev–Trinajstić information content (AvgIpc) is 2.25. The van der Waals surface area contributed by atoms with Gasteiger partial charge in [0, 0.05) is 0 Å². The van der Waals surface area contributed by atoms with Crippen LogP contribution in [0.15, 0.2) is 12.2 Å². The van der Waals surface area contributed by atoms with E-state index in [1.165, 1.54) is 0 Å². The zero-order valence-electron chi connectivity index (χ0n) is 8.77. The zero-order chi connectivity index (χ0) is 13.1. The van der Waals surface area contributed by atoms with Crippen molar-refractivity contribution in [1.29, 1.82) is 0 Å². The summed E-state index contributed by atoms with van der Waals surface area (Å²) in [6.07, 6.45) is 5.04. The smallest absolute Gasteiger partial charge is 0.367 e. The Morgan fingerprint density at radius 1 is 1.47 bits per heavy atom. The van der Waals surface area contributed by atoms with E-state index in [4.69, 9.17) is 0 Å². The summed E-state index contributed by atoms with van der Waals surface area (Å²) in [5.41, 5.74) is 0. The number of esters is 1. The molecule has 1 atom stereocenters. The van der Waals surface area contributed by atoms with Crippen LogP contribution in [-0.2, 0) is 19.6 Å². The van der Waals surface area contributed by atoms with Gasteiger partial charge in [0.1, 0.15) is 0 Å². The molecule has 1 rings (SSSR count). The molecule has 0 amide bonds. The van der Waals surface area contributed by atoms with Crippen molar-refractivity contribution in [3.8, 4) is 0 Å². The van der Waals surface area contributed by atoms with Gasteiger partial charge in [-0.25, -0.2) is 8.42 Å². The molecule has 0 aromatic carbocycles. The van der Waals surface area contributed by atoms with Gasteiger partial charge in [-0.05, 0) is 19.3 Å². The van der Waals surface area contributed by atoms with E-state index in [0.29, 0.717) is 19.3 Å². The maximum Gasteiger partial charge on any atom is 0.367 e. The Morgan fingerprint density at radius 2 is 2.12 bits per heavy atom. The van der Waals surface area contributed by atoms with E-state index in [1.54, 1.807) is 6.08 Å². The predicted molar refractivity (Wildman–Crippen MR) is 52.1 cm³/mol. The number of halogens is 2. The fourth-order valence-electron chi connectivity index (χ4n) is 1.35. The van der Waals surface area contributed by atoms with Crippen LogP contribution in [0.5, 0.6) is 0 Å². The van der Waals surface area contributed by atoms with Crippen molar-refractivity contribution >= 4 is 16.1 Å². The fourth-order valence-corrected chi connectivity index (χ4v) is 1.56. The first kappa shape index (κ1) is 14.0. The standard InChI is InChI=1S/C9H12F2O5S/c10-9(11,17(13,14)15)6-16-8(12)7-4-2-1-3-5-7/h1-2,7H,3-6H2,(H,13,14,15)/p-1. The third-order valence-corrected chi connectivity index (χ3v) is 3.20. The van der Waals surface area contributed by atoms with Crippen molar-refractivity contribution in [2.45, 2.75) is 24.5 Å². The highest BCUT2D eigenvalue weighted by Gasteiger charge is 2.39. The Morgan fingerprint density at radius 3 is 2.59 bits per heavy atom. The van der Waals surface area contributed by atoms with E-state index >= 15 is 0 Å². The summed E-state index contributed by atoms with van der Waals surface area (Å²) in [6.45, 7) is -1.72. The van der Waals surface area contributed by atoms with Crippen molar-refractivity contribution < 1.29 is 31.3 Å². The van der Waals surface area contributed by atoms with Crippen molar-refractivity contribution in [2.24, 2.45) is 5.92 Å². The van der Waals surface area contributed by atoms with Crippen LogP contribution in [0.25, 0.3) is 0 Å². The third kappa shape index (κ3) is 3.74. The lowest BCUT2D eigenvalue weighted by atomic mass is 9.95. The van der Waals surface area contributed by atoms with E-state index in [-0.39, 0.29) is 0 Å². The average molecular weight is 269 g/mol. The molecule has 8 heteroatoms. The highest BCUT2D eigenvalue weighted by atomic mass is 32.2. The van der Waals surface area contributed by atoms with Gasteiger partial charge < -0.3 is 9.29 Å². The van der Waals surface area contributed by atoms with Crippen LogP contribution in [0.2, 0.25) is 0 Å². The largest absolute Gasteiger partial charge is 0.743 e. The molecule has 0 aliphatic heterocycles. The molecule has 0 radical (unpaired) electrons. The Bertz CT molecular complexity index is 415. The van der Waals surface area contributed by atoms with Crippen molar-refractivity contribution in [2.75, 3.05) is 6.61 Å². The summed E-state index contributed by atoms with van der Waals surface area (Å²) < 4.78 is 59.9. The Hall–Kier alpha value is -1.02. The number of allylic oxidation sites excluding steroid dienone is 2. The molecular formula is C9H11F2O5S-. The number of hydrogen-bond acceptors (Lipinski definition) is 5. The van der Waals surface area contributed by atoms with Gasteiger partial charge in [-0.2, -0.15) is 8.78 Å². The first-order chi connectivity index (χ1) is 7.74. The third-order valence-electron chi connectivity index (χ3n) is 2.35. The molecule has 0 spiro atoms. The molecule has 1 unspecified atom stereocenters. The molecule has 0 aromatic heterocycles. The summed E-state index contributed by atoms with van der Waals surface area (Å²) in [4.78, 5) is 11.3. The van der Waals surface area contributed by atoms with Gasteiger partial charge in [0.25, 0.3) is 0 Å². The predicted octanol–water partition coefficient (Wildman–Crippen LogP) is 1.02. The number of alkyl halides is 2. The second-order valence-electron chi connectivity index (χ2n) is 3.68. The molecular weight excluding hydrogens is 258 g/mol. The molecule has 0 saturated heterocycles. The minimum Gasteiger partial charge on any atom is -0.743 e. The summed E-state index contributed by atoms with van der Waals surface area (Å²) in [5.74, 6) is -1.46. The molecule has 98 valence electrons. The molecule has 0 heterocycles. The molecule has 17 heavy (non-hydrogen) atoms. The Kier molecular flexibility index (Phi) is 4.21. The van der Waals surface area contributed by atoms with E-state index < -0.39 is 33.9 Å². The van der Waals surface area contributed by atoms with Crippen LogP contribution < -0.4 is 0 Å². The van der Waals surface area contributed by atoms with E-state index in [2.05, 4.69) is 4.74 Å². The monoisotopic (exact) mass is 269 g/mol. The number of ether oxygens (including phenoxy) is 1. The highest BCUT2D eigenvalue weighted by Crippen LogP contribution is 2.23. The fraction of sp³-hybridized carbons (Fsp3) is 0.667. The van der Waals surface area contributed by atoms with Gasteiger partial charge in [0.2, 0.25) is 0 Å². The highest BCUT2D eigenvalue weighted by molar-refractivity contribution is 7.86. The zero-order valence-corrected chi connectivity index (χ0v) is 9.58. The molecule has 0 fully saturated rings. The van der Waals surface area contributed by atoms with Gasteiger partial charge in [0.15, 0.2) is 16.7 Å². The molecule has 0 saturated carbocycles. The molecule has 5 nitrogen and oxygen atoms in total. The van der Waals surface area contributed by atoms with Crippen LogP contribution >= 0.6 is 0 Å². The normalized spacial score (nSPS) is 21.2. The second kappa shape index (κ2) is 5.09. The molecule has 1 aliphatic carbocycles. The summed E-state index contributed by atoms with van der Waals surface area (Å²) in [5, 5.41) is -4.58. The van der Waals surface area contributed by atoms with Crippen LogP contribution in [0.3, 0.4) is 0 Å². The maximum atomic E-state index is 12.7. The molecule has 0 aromatic rings. The van der Waals surface area contributed by atoms with Crippen LogP contribution in [-0.4, -0.2) is 30.8 Å². The van der Waals surface area contributed by atoms with Gasteiger partial charge >= 0.3 is 11.2 Å². The van der Waals surface area contributed by atoms with Crippen molar-refractivity contribution in [3.63, 3.8) is 0 Å². The SMILES string of the molecule is O=C(OCC(F)(F)S(=O)(=O)[O-])C1CC=CCC1. The summed E-state index contributed by atoms with van der Waals surface area (Å²) >= 11 is 0. The van der Waals surface area contributed by atoms with E-state index in [9.17, 15) is 26.5 Å².